The summed E-state index contributed by atoms with van der Waals surface area (Å²) in [7, 11) is 0. The largest absolute Gasteiger partial charge is 0.478 e. The zero-order valence-corrected chi connectivity index (χ0v) is 20.9. The van der Waals surface area contributed by atoms with E-state index in [1.165, 1.54) is 0 Å². The van der Waals surface area contributed by atoms with Gasteiger partial charge in [0.15, 0.2) is 0 Å². The second-order valence-corrected chi connectivity index (χ2v) is 9.40. The number of benzene rings is 2. The van der Waals surface area contributed by atoms with Gasteiger partial charge in [-0.15, -0.1) is 0 Å². The van der Waals surface area contributed by atoms with Gasteiger partial charge in [0, 0.05) is 48.3 Å². The van der Waals surface area contributed by atoms with Crippen LogP contribution in [0.1, 0.15) is 79.1 Å². The predicted octanol–water partition coefficient (Wildman–Crippen LogP) is 6.69. The molecule has 34 heavy (non-hydrogen) atoms. The summed E-state index contributed by atoms with van der Waals surface area (Å²) in [5, 5.41) is 13.6. The molecular weight excluding hydrogens is 424 g/mol. The molecule has 0 saturated carbocycles. The summed E-state index contributed by atoms with van der Waals surface area (Å²) in [5.41, 5.74) is 7.35. The summed E-state index contributed by atoms with van der Waals surface area (Å²) >= 11 is 0. The van der Waals surface area contributed by atoms with Crippen LogP contribution in [0.25, 0.3) is 0 Å². The van der Waals surface area contributed by atoms with Crippen LogP contribution in [0, 0.1) is 12.8 Å². The maximum atomic E-state index is 12.4. The molecule has 178 valence electrons. The predicted molar refractivity (Wildman–Crippen MR) is 139 cm³/mol. The number of anilines is 1. The van der Waals surface area contributed by atoms with Crippen LogP contribution in [0.4, 0.5) is 5.69 Å². The summed E-state index contributed by atoms with van der Waals surface area (Å²) in [6.07, 6.45) is 4.21. The summed E-state index contributed by atoms with van der Waals surface area (Å²) < 4.78 is 6.47. The van der Waals surface area contributed by atoms with Crippen molar-refractivity contribution in [1.82, 2.24) is 0 Å². The van der Waals surface area contributed by atoms with Crippen molar-refractivity contribution in [3.8, 4) is 5.75 Å². The summed E-state index contributed by atoms with van der Waals surface area (Å²) in [5.74, 6) is 0.652. The number of nitrogens with zero attached hydrogens (tertiary/aromatic N) is 1. The van der Waals surface area contributed by atoms with Crippen molar-refractivity contribution in [2.24, 2.45) is 10.9 Å². The lowest BCUT2D eigenvalue weighted by atomic mass is 9.72. The molecule has 0 fully saturated rings. The molecule has 5 heteroatoms. The molecule has 0 spiro atoms. The third kappa shape index (κ3) is 4.27. The minimum atomic E-state index is -0.901. The fraction of sp³-hybridized carbons (Fsp3) is 0.379. The van der Waals surface area contributed by atoms with E-state index in [4.69, 9.17) is 4.74 Å². The third-order valence-corrected chi connectivity index (χ3v) is 6.73. The van der Waals surface area contributed by atoms with Gasteiger partial charge in [-0.25, -0.2) is 4.79 Å². The molecule has 2 aromatic rings. The zero-order chi connectivity index (χ0) is 24.6. The molecule has 2 N–H and O–H groups in total. The van der Waals surface area contributed by atoms with E-state index in [2.05, 4.69) is 63.1 Å². The van der Waals surface area contributed by atoms with Gasteiger partial charge in [-0.05, 0) is 68.0 Å². The van der Waals surface area contributed by atoms with Crippen LogP contribution in [-0.4, -0.2) is 29.9 Å². The SMILES string of the molecule is CC/N=C1/C=C2Oc3cc(NCC)c(C)cc3C(c3ccc(C(C)C)cc3C(=O)O)C2C=C1C. The van der Waals surface area contributed by atoms with Gasteiger partial charge in [0.1, 0.15) is 11.5 Å². The topological polar surface area (TPSA) is 70.9 Å². The second-order valence-electron chi connectivity index (χ2n) is 9.40. The van der Waals surface area contributed by atoms with Crippen molar-refractivity contribution >= 4 is 17.4 Å². The molecule has 0 aromatic heterocycles. The third-order valence-electron chi connectivity index (χ3n) is 6.73. The van der Waals surface area contributed by atoms with Crippen LogP contribution in [0.2, 0.25) is 0 Å². The Hall–Kier alpha value is -3.34. The van der Waals surface area contributed by atoms with Gasteiger partial charge in [0.25, 0.3) is 0 Å². The van der Waals surface area contributed by atoms with E-state index in [-0.39, 0.29) is 17.8 Å². The number of carbonyl (C=O) groups is 1. The normalized spacial score (nSPS) is 20.3. The van der Waals surface area contributed by atoms with Gasteiger partial charge in [-0.1, -0.05) is 32.1 Å². The average molecular weight is 459 g/mol. The molecule has 0 amide bonds. The molecule has 1 aliphatic heterocycles. The van der Waals surface area contributed by atoms with Crippen molar-refractivity contribution in [2.45, 2.75) is 53.4 Å². The lowest BCUT2D eigenvalue weighted by molar-refractivity contribution is 0.0694. The lowest BCUT2D eigenvalue weighted by Gasteiger charge is -2.37. The first-order valence-electron chi connectivity index (χ1n) is 12.1. The highest BCUT2D eigenvalue weighted by Gasteiger charge is 2.39. The van der Waals surface area contributed by atoms with Crippen LogP contribution in [0.3, 0.4) is 0 Å². The Morgan fingerprint density at radius 1 is 1.15 bits per heavy atom. The quantitative estimate of drug-likeness (QED) is 0.506. The Labute approximate surface area is 202 Å². The number of aryl methyl sites for hydroxylation is 1. The Morgan fingerprint density at radius 2 is 1.91 bits per heavy atom. The second kappa shape index (κ2) is 9.49. The Morgan fingerprint density at radius 3 is 2.56 bits per heavy atom. The number of carboxylic acids is 1. The first kappa shape index (κ1) is 23.8. The number of fused-ring (bicyclic) bond motifs is 2. The van der Waals surface area contributed by atoms with E-state index in [1.54, 1.807) is 0 Å². The summed E-state index contributed by atoms with van der Waals surface area (Å²) in [6.45, 7) is 13.9. The number of carboxylic acid groups (broad SMARTS) is 1. The number of rotatable bonds is 6. The van der Waals surface area contributed by atoms with E-state index in [1.807, 2.05) is 31.2 Å². The standard InChI is InChI=1S/C29H34N2O3/c1-7-30-24-14-26-22(11-17(24)5)28(20-10-9-19(16(3)4)13-21(20)29(32)33)23-12-18(6)25(31-8-2)15-27(23)34-26/h9-16,22,28,31H,7-8H2,1-6H3,(H,32,33)/b30-24-. The van der Waals surface area contributed by atoms with Crippen molar-refractivity contribution in [1.29, 1.82) is 0 Å². The summed E-state index contributed by atoms with van der Waals surface area (Å²) in [4.78, 5) is 17.1. The van der Waals surface area contributed by atoms with Crippen molar-refractivity contribution in [3.05, 3.63) is 81.6 Å². The molecular formula is C29H34N2O3. The first-order chi connectivity index (χ1) is 16.2. The van der Waals surface area contributed by atoms with Gasteiger partial charge in [-0.3, -0.25) is 4.99 Å². The number of aliphatic imine (C=N–C) groups is 1. The van der Waals surface area contributed by atoms with Gasteiger partial charge >= 0.3 is 5.97 Å². The molecule has 0 radical (unpaired) electrons. The minimum absolute atomic E-state index is 0.101. The van der Waals surface area contributed by atoms with E-state index in [9.17, 15) is 9.90 Å². The van der Waals surface area contributed by atoms with Crippen molar-refractivity contribution in [2.75, 3.05) is 18.4 Å². The highest BCUT2D eigenvalue weighted by molar-refractivity contribution is 6.09. The van der Waals surface area contributed by atoms with Crippen LogP contribution < -0.4 is 10.1 Å². The van der Waals surface area contributed by atoms with E-state index >= 15 is 0 Å². The van der Waals surface area contributed by atoms with Gasteiger partial charge < -0.3 is 15.2 Å². The van der Waals surface area contributed by atoms with Crippen LogP contribution >= 0.6 is 0 Å². The van der Waals surface area contributed by atoms with Crippen LogP contribution in [-0.2, 0) is 0 Å². The van der Waals surface area contributed by atoms with E-state index < -0.39 is 5.97 Å². The Balaban J connectivity index is 1.97. The molecule has 0 saturated heterocycles. The van der Waals surface area contributed by atoms with Gasteiger partial charge in [0.05, 0.1) is 11.3 Å². The molecule has 4 rings (SSSR count). The molecule has 2 atom stereocenters. The molecule has 1 heterocycles. The lowest BCUT2D eigenvalue weighted by Crippen LogP contribution is -2.29. The number of hydrogen-bond donors (Lipinski definition) is 2. The first-order valence-corrected chi connectivity index (χ1v) is 12.1. The smallest absolute Gasteiger partial charge is 0.335 e. The molecule has 1 aliphatic carbocycles. The number of hydrogen-bond acceptors (Lipinski definition) is 4. The van der Waals surface area contributed by atoms with Crippen LogP contribution in [0.15, 0.2) is 58.8 Å². The van der Waals surface area contributed by atoms with Crippen LogP contribution in [0.5, 0.6) is 5.75 Å². The average Bonchev–Trinajstić information content (AvgIpc) is 2.79. The summed E-state index contributed by atoms with van der Waals surface area (Å²) in [6, 6.07) is 10.1. The fourth-order valence-electron chi connectivity index (χ4n) is 4.97. The number of nitrogens with one attached hydrogen (secondary N) is 1. The van der Waals surface area contributed by atoms with Gasteiger partial charge in [0.2, 0.25) is 0 Å². The maximum Gasteiger partial charge on any atom is 0.335 e. The Bertz CT molecular complexity index is 1220. The fourth-order valence-corrected chi connectivity index (χ4v) is 4.97. The molecule has 5 nitrogen and oxygen atoms in total. The number of allylic oxidation sites excluding steroid dienone is 3. The molecule has 2 aromatic carbocycles. The minimum Gasteiger partial charge on any atom is -0.478 e. The zero-order valence-electron chi connectivity index (χ0n) is 20.9. The van der Waals surface area contributed by atoms with E-state index in [0.29, 0.717) is 12.1 Å². The maximum absolute atomic E-state index is 12.4. The molecule has 2 unspecified atom stereocenters. The van der Waals surface area contributed by atoms with E-state index in [0.717, 1.165) is 57.3 Å². The highest BCUT2D eigenvalue weighted by atomic mass is 16.5. The van der Waals surface area contributed by atoms with Crippen molar-refractivity contribution in [3.63, 3.8) is 0 Å². The van der Waals surface area contributed by atoms with Crippen molar-refractivity contribution < 1.29 is 14.6 Å². The monoisotopic (exact) mass is 458 g/mol. The molecule has 0 bridgehead atoms. The molecule has 2 aliphatic rings. The Kier molecular flexibility index (Phi) is 6.65. The number of aromatic carboxylic acids is 1. The van der Waals surface area contributed by atoms with Gasteiger partial charge in [-0.2, -0.15) is 0 Å². The number of ether oxygens (including phenoxy) is 1. The highest BCUT2D eigenvalue weighted by Crippen LogP contribution is 2.50.